The van der Waals surface area contributed by atoms with E-state index in [0.29, 0.717) is 10.0 Å². The topological polar surface area (TPSA) is 46.5 Å². The number of rotatable bonds is 5. The molecule has 0 amide bonds. The zero-order chi connectivity index (χ0) is 13.0. The first-order valence-electron chi connectivity index (χ1n) is 5.22. The van der Waals surface area contributed by atoms with E-state index in [9.17, 15) is 4.79 Å². The molecule has 94 valence electrons. The van der Waals surface area contributed by atoms with Gasteiger partial charge in [-0.2, -0.15) is 0 Å². The Morgan fingerprint density at radius 1 is 1.35 bits per heavy atom. The highest BCUT2D eigenvalue weighted by molar-refractivity contribution is 6.42. The summed E-state index contributed by atoms with van der Waals surface area (Å²) < 4.78 is 5.31. The predicted octanol–water partition coefficient (Wildman–Crippen LogP) is 3.41. The minimum Gasteiger partial charge on any atom is -0.479 e. The average Bonchev–Trinajstić information content (AvgIpc) is 2.21. The van der Waals surface area contributed by atoms with E-state index in [1.165, 1.54) is 0 Å². The van der Waals surface area contributed by atoms with Crippen LogP contribution in [0.2, 0.25) is 10.0 Å². The van der Waals surface area contributed by atoms with Gasteiger partial charge in [0.2, 0.25) is 0 Å². The first-order chi connectivity index (χ1) is 7.90. The normalized spacial score (nSPS) is 12.8. The number of aliphatic carboxylic acids is 1. The summed E-state index contributed by atoms with van der Waals surface area (Å²) in [7, 11) is 0. The fourth-order valence-electron chi connectivity index (χ4n) is 1.40. The minimum absolute atomic E-state index is 0.140. The summed E-state index contributed by atoms with van der Waals surface area (Å²) in [6, 6.07) is 5.05. The van der Waals surface area contributed by atoms with Crippen LogP contribution in [0, 0.1) is 0 Å². The second-order valence-electron chi connectivity index (χ2n) is 3.96. The molecule has 0 saturated heterocycles. The van der Waals surface area contributed by atoms with Gasteiger partial charge in [0, 0.05) is 6.42 Å². The summed E-state index contributed by atoms with van der Waals surface area (Å²) in [5.41, 5.74) is 0.785. The Hall–Kier alpha value is -0.770. The third kappa shape index (κ3) is 4.54. The van der Waals surface area contributed by atoms with Gasteiger partial charge in [-0.15, -0.1) is 0 Å². The van der Waals surface area contributed by atoms with Crippen LogP contribution in [-0.4, -0.2) is 23.3 Å². The molecule has 0 fully saturated rings. The van der Waals surface area contributed by atoms with Crippen LogP contribution in [0.4, 0.5) is 0 Å². The molecule has 0 heterocycles. The van der Waals surface area contributed by atoms with Crippen molar-refractivity contribution in [1.82, 2.24) is 0 Å². The van der Waals surface area contributed by atoms with E-state index in [-0.39, 0.29) is 12.5 Å². The van der Waals surface area contributed by atoms with Gasteiger partial charge in [0.05, 0.1) is 16.1 Å². The van der Waals surface area contributed by atoms with Gasteiger partial charge in [-0.3, -0.25) is 0 Å². The van der Waals surface area contributed by atoms with Gasteiger partial charge in [0.15, 0.2) is 6.10 Å². The zero-order valence-electron chi connectivity index (χ0n) is 9.61. The molecule has 0 aromatic heterocycles. The lowest BCUT2D eigenvalue weighted by atomic mass is 10.1. The largest absolute Gasteiger partial charge is 0.479 e. The van der Waals surface area contributed by atoms with Crippen molar-refractivity contribution >= 4 is 29.2 Å². The van der Waals surface area contributed by atoms with Crippen molar-refractivity contribution < 1.29 is 14.6 Å². The molecular formula is C12H14Cl2O3. The molecule has 0 aliphatic rings. The molecule has 0 saturated carbocycles. The van der Waals surface area contributed by atoms with Crippen LogP contribution in [0.3, 0.4) is 0 Å². The Balaban J connectivity index is 2.78. The van der Waals surface area contributed by atoms with Gasteiger partial charge in [-0.05, 0) is 31.5 Å². The maximum absolute atomic E-state index is 11.0. The van der Waals surface area contributed by atoms with Gasteiger partial charge in [-0.1, -0.05) is 29.3 Å². The van der Waals surface area contributed by atoms with Crippen LogP contribution in [0.15, 0.2) is 18.2 Å². The maximum atomic E-state index is 11.0. The molecule has 1 aromatic carbocycles. The summed E-state index contributed by atoms with van der Waals surface area (Å²) in [4.78, 5) is 11.0. The van der Waals surface area contributed by atoms with E-state index in [0.717, 1.165) is 5.56 Å². The third-order valence-electron chi connectivity index (χ3n) is 2.12. The van der Waals surface area contributed by atoms with Crippen molar-refractivity contribution in [2.24, 2.45) is 0 Å². The van der Waals surface area contributed by atoms with E-state index in [4.69, 9.17) is 33.0 Å². The monoisotopic (exact) mass is 276 g/mol. The molecule has 0 aliphatic heterocycles. The molecule has 0 radical (unpaired) electrons. The summed E-state index contributed by atoms with van der Waals surface area (Å²) in [6.45, 7) is 3.59. The number of hydrogen-bond acceptors (Lipinski definition) is 2. The maximum Gasteiger partial charge on any atom is 0.333 e. The fourth-order valence-corrected chi connectivity index (χ4v) is 1.72. The van der Waals surface area contributed by atoms with Crippen molar-refractivity contribution in [2.75, 3.05) is 0 Å². The Morgan fingerprint density at radius 3 is 2.47 bits per heavy atom. The lowest BCUT2D eigenvalue weighted by molar-refractivity contribution is -0.153. The number of hydrogen-bond donors (Lipinski definition) is 1. The Labute approximate surface area is 110 Å². The van der Waals surface area contributed by atoms with Crippen LogP contribution in [-0.2, 0) is 16.0 Å². The molecule has 3 nitrogen and oxygen atoms in total. The van der Waals surface area contributed by atoms with Gasteiger partial charge < -0.3 is 9.84 Å². The minimum atomic E-state index is -0.982. The van der Waals surface area contributed by atoms with Crippen LogP contribution in [0.1, 0.15) is 19.4 Å². The second kappa shape index (κ2) is 6.24. The lowest BCUT2D eigenvalue weighted by Gasteiger charge is -2.16. The molecule has 5 heteroatoms. The molecule has 1 rings (SSSR count). The predicted molar refractivity (Wildman–Crippen MR) is 67.8 cm³/mol. The number of ether oxygens (including phenoxy) is 1. The summed E-state index contributed by atoms with van der Waals surface area (Å²) >= 11 is 11.6. The van der Waals surface area contributed by atoms with Crippen molar-refractivity contribution in [3.8, 4) is 0 Å². The van der Waals surface area contributed by atoms with Gasteiger partial charge in [0.25, 0.3) is 0 Å². The Kier molecular flexibility index (Phi) is 5.25. The standard InChI is InChI=1S/C12H14Cl2O3/c1-7(2)17-11(12(15)16)6-8-3-4-9(13)10(14)5-8/h3-5,7,11H,6H2,1-2H3,(H,15,16)/t11-/m0/s1. The van der Waals surface area contributed by atoms with Crippen molar-refractivity contribution in [1.29, 1.82) is 0 Å². The molecule has 1 N–H and O–H groups in total. The van der Waals surface area contributed by atoms with Crippen molar-refractivity contribution in [3.63, 3.8) is 0 Å². The third-order valence-corrected chi connectivity index (χ3v) is 2.86. The summed E-state index contributed by atoms with van der Waals surface area (Å²) in [6.07, 6.45) is -0.740. The SMILES string of the molecule is CC(C)O[C@@H](Cc1ccc(Cl)c(Cl)c1)C(=O)O. The van der Waals surface area contributed by atoms with Crippen LogP contribution in [0.5, 0.6) is 0 Å². The molecule has 0 aliphatic carbocycles. The summed E-state index contributed by atoms with van der Waals surface area (Å²) in [5.74, 6) is -0.982. The van der Waals surface area contributed by atoms with Crippen molar-refractivity contribution in [3.05, 3.63) is 33.8 Å². The van der Waals surface area contributed by atoms with E-state index >= 15 is 0 Å². The lowest BCUT2D eigenvalue weighted by Crippen LogP contribution is -2.29. The zero-order valence-corrected chi connectivity index (χ0v) is 11.1. The van der Waals surface area contributed by atoms with E-state index < -0.39 is 12.1 Å². The quantitative estimate of drug-likeness (QED) is 0.897. The van der Waals surface area contributed by atoms with Crippen LogP contribution < -0.4 is 0 Å². The number of carboxylic acid groups (broad SMARTS) is 1. The van der Waals surface area contributed by atoms with E-state index in [2.05, 4.69) is 0 Å². The molecular weight excluding hydrogens is 263 g/mol. The molecule has 17 heavy (non-hydrogen) atoms. The fraction of sp³-hybridized carbons (Fsp3) is 0.417. The van der Waals surface area contributed by atoms with E-state index in [1.807, 2.05) is 0 Å². The van der Waals surface area contributed by atoms with Crippen LogP contribution in [0.25, 0.3) is 0 Å². The van der Waals surface area contributed by atoms with Gasteiger partial charge >= 0.3 is 5.97 Å². The van der Waals surface area contributed by atoms with Crippen molar-refractivity contribution in [2.45, 2.75) is 32.5 Å². The molecule has 0 spiro atoms. The number of carbonyl (C=O) groups is 1. The van der Waals surface area contributed by atoms with Gasteiger partial charge in [-0.25, -0.2) is 4.79 Å². The first kappa shape index (κ1) is 14.3. The molecule has 0 bridgehead atoms. The van der Waals surface area contributed by atoms with Crippen LogP contribution >= 0.6 is 23.2 Å². The number of carboxylic acids is 1. The summed E-state index contributed by atoms with van der Waals surface area (Å²) in [5, 5.41) is 9.89. The number of benzene rings is 1. The Bertz CT molecular complexity index is 405. The second-order valence-corrected chi connectivity index (χ2v) is 4.78. The average molecular weight is 277 g/mol. The highest BCUT2D eigenvalue weighted by atomic mass is 35.5. The highest BCUT2D eigenvalue weighted by Gasteiger charge is 2.20. The highest BCUT2D eigenvalue weighted by Crippen LogP contribution is 2.23. The number of halogens is 2. The molecule has 1 atom stereocenters. The van der Waals surface area contributed by atoms with Gasteiger partial charge in [0.1, 0.15) is 0 Å². The molecule has 1 aromatic rings. The Morgan fingerprint density at radius 2 is 2.00 bits per heavy atom. The molecule has 0 unspecified atom stereocenters. The smallest absolute Gasteiger partial charge is 0.333 e. The van der Waals surface area contributed by atoms with E-state index in [1.54, 1.807) is 32.0 Å². The first-order valence-corrected chi connectivity index (χ1v) is 5.98.